The summed E-state index contributed by atoms with van der Waals surface area (Å²) in [4.78, 5) is 17.4. The monoisotopic (exact) mass is 415 g/mol. The first kappa shape index (κ1) is 18.9. The number of nitrogens with one attached hydrogen (secondary N) is 1. The van der Waals surface area contributed by atoms with Crippen molar-refractivity contribution in [2.24, 2.45) is 0 Å². The van der Waals surface area contributed by atoms with Crippen LogP contribution in [0.4, 0.5) is 0 Å². The second kappa shape index (κ2) is 8.34. The highest BCUT2D eigenvalue weighted by Gasteiger charge is 2.31. The molecule has 0 radical (unpaired) electrons. The van der Waals surface area contributed by atoms with E-state index in [1.165, 1.54) is 0 Å². The summed E-state index contributed by atoms with van der Waals surface area (Å²) in [5, 5.41) is 4.54. The van der Waals surface area contributed by atoms with Crippen molar-refractivity contribution >= 4 is 28.6 Å². The van der Waals surface area contributed by atoms with E-state index in [9.17, 15) is 4.79 Å². The van der Waals surface area contributed by atoms with Crippen LogP contribution in [-0.4, -0.2) is 27.3 Å². The van der Waals surface area contributed by atoms with Crippen molar-refractivity contribution in [3.05, 3.63) is 96.4 Å². The van der Waals surface area contributed by atoms with Gasteiger partial charge in [-0.2, -0.15) is 0 Å². The van der Waals surface area contributed by atoms with Gasteiger partial charge in [0.1, 0.15) is 12.4 Å². The van der Waals surface area contributed by atoms with Crippen molar-refractivity contribution in [2.45, 2.75) is 18.0 Å². The summed E-state index contributed by atoms with van der Waals surface area (Å²) >= 11 is 1.73. The van der Waals surface area contributed by atoms with Crippen molar-refractivity contribution < 1.29 is 9.53 Å². The topological polar surface area (TPSA) is 56.2 Å². The van der Waals surface area contributed by atoms with Crippen molar-refractivity contribution in [3.8, 4) is 5.75 Å². The van der Waals surface area contributed by atoms with Crippen LogP contribution in [0, 0.1) is 0 Å². The van der Waals surface area contributed by atoms with Gasteiger partial charge in [-0.25, -0.2) is 0 Å². The predicted octanol–water partition coefficient (Wildman–Crippen LogP) is 4.66. The Bertz CT molecular complexity index is 1160. The number of benzene rings is 2. The molecule has 30 heavy (non-hydrogen) atoms. The summed E-state index contributed by atoms with van der Waals surface area (Å²) in [5.74, 6) is 1.52. The largest absolute Gasteiger partial charge is 0.489 e. The average Bonchev–Trinajstić information content (AvgIpc) is 3.46. The molecule has 4 aromatic rings. The van der Waals surface area contributed by atoms with Crippen LogP contribution in [0.25, 0.3) is 10.9 Å². The predicted molar refractivity (Wildman–Crippen MR) is 120 cm³/mol. The van der Waals surface area contributed by atoms with Crippen LogP contribution in [0.3, 0.4) is 0 Å². The van der Waals surface area contributed by atoms with E-state index in [0.717, 1.165) is 33.5 Å². The van der Waals surface area contributed by atoms with Gasteiger partial charge in [-0.05, 0) is 35.4 Å². The minimum atomic E-state index is -0.246. The molecule has 2 aromatic heterocycles. The quantitative estimate of drug-likeness (QED) is 0.514. The zero-order valence-electron chi connectivity index (χ0n) is 16.3. The Morgan fingerprint density at radius 2 is 2.03 bits per heavy atom. The number of aromatic nitrogens is 2. The number of hydrogen-bond donors (Lipinski definition) is 1. The zero-order chi connectivity index (χ0) is 20.3. The number of rotatable bonds is 5. The van der Waals surface area contributed by atoms with Crippen molar-refractivity contribution in [3.63, 3.8) is 0 Å². The van der Waals surface area contributed by atoms with Gasteiger partial charge in [0.2, 0.25) is 5.91 Å². The third-order valence-corrected chi connectivity index (χ3v) is 6.49. The summed E-state index contributed by atoms with van der Waals surface area (Å²) in [6.07, 6.45) is 5.45. The zero-order valence-corrected chi connectivity index (χ0v) is 17.1. The number of pyridine rings is 1. The molecule has 0 unspecified atom stereocenters. The van der Waals surface area contributed by atoms with Crippen LogP contribution < -0.4 is 10.1 Å². The van der Waals surface area contributed by atoms with Gasteiger partial charge in [0.15, 0.2) is 0 Å². The molecule has 1 saturated heterocycles. The lowest BCUT2D eigenvalue weighted by molar-refractivity contribution is 0.0879. The maximum atomic E-state index is 13.2. The highest BCUT2D eigenvalue weighted by molar-refractivity contribution is 7.99. The molecule has 150 valence electrons. The van der Waals surface area contributed by atoms with Crippen LogP contribution in [0.2, 0.25) is 0 Å². The molecule has 1 aliphatic heterocycles. The van der Waals surface area contributed by atoms with Gasteiger partial charge in [-0.1, -0.05) is 36.4 Å². The Morgan fingerprint density at radius 1 is 1.13 bits per heavy atom. The third-order valence-electron chi connectivity index (χ3n) is 5.22. The molecular formula is C24H21N3O2S. The lowest BCUT2D eigenvalue weighted by Gasteiger charge is -2.14. The van der Waals surface area contributed by atoms with E-state index in [2.05, 4.69) is 10.3 Å². The molecule has 0 amide bonds. The molecule has 1 fully saturated rings. The Kier molecular flexibility index (Phi) is 5.26. The Morgan fingerprint density at radius 3 is 2.87 bits per heavy atom. The minimum absolute atomic E-state index is 0.0455. The molecule has 2 atom stereocenters. The van der Waals surface area contributed by atoms with Gasteiger partial charge in [0.25, 0.3) is 0 Å². The van der Waals surface area contributed by atoms with Crippen LogP contribution in [0.15, 0.2) is 85.3 Å². The van der Waals surface area contributed by atoms with Crippen molar-refractivity contribution in [1.82, 2.24) is 14.9 Å². The second-order valence-corrected chi connectivity index (χ2v) is 8.38. The Hall–Kier alpha value is -3.09. The first-order chi connectivity index (χ1) is 14.8. The van der Waals surface area contributed by atoms with Crippen LogP contribution in [0.5, 0.6) is 5.75 Å². The molecular weight excluding hydrogens is 394 g/mol. The van der Waals surface area contributed by atoms with Gasteiger partial charge < -0.3 is 4.74 Å². The first-order valence-electron chi connectivity index (χ1n) is 9.87. The smallest absolute Gasteiger partial charge is 0.249 e. The van der Waals surface area contributed by atoms with E-state index in [4.69, 9.17) is 4.74 Å². The van der Waals surface area contributed by atoms with E-state index in [1.807, 2.05) is 79.1 Å². The van der Waals surface area contributed by atoms with Crippen molar-refractivity contribution in [2.75, 3.05) is 5.75 Å². The third kappa shape index (κ3) is 3.84. The van der Waals surface area contributed by atoms with E-state index in [0.29, 0.717) is 6.61 Å². The Balaban J connectivity index is 1.33. The fourth-order valence-corrected chi connectivity index (χ4v) is 4.85. The molecule has 0 spiro atoms. The fraction of sp³-hybridized carbons (Fsp3) is 0.167. The summed E-state index contributed by atoms with van der Waals surface area (Å²) in [6.45, 7) is 0.495. The Labute approximate surface area is 179 Å². The molecule has 3 heterocycles. The summed E-state index contributed by atoms with van der Waals surface area (Å²) in [6, 6.07) is 21.6. The molecule has 0 bridgehead atoms. The minimum Gasteiger partial charge on any atom is -0.489 e. The molecule has 5 nitrogen and oxygen atoms in total. The van der Waals surface area contributed by atoms with Gasteiger partial charge in [0.05, 0.1) is 16.9 Å². The number of thioether (sulfide) groups is 1. The maximum Gasteiger partial charge on any atom is 0.249 e. The second-order valence-electron chi connectivity index (χ2n) is 7.24. The number of hydrogen-bond acceptors (Lipinski definition) is 5. The maximum absolute atomic E-state index is 13.2. The lowest BCUT2D eigenvalue weighted by Crippen LogP contribution is -2.37. The SMILES string of the molecule is O=C([C@@H]1CS[C@@H](c2cccnc2)N1)n1ccc2ccc(OCc3ccccc3)cc21. The van der Waals surface area contributed by atoms with Gasteiger partial charge >= 0.3 is 0 Å². The fourth-order valence-electron chi connectivity index (χ4n) is 3.64. The standard InChI is InChI=1S/C24H21N3O2S/c28-24(21-16-30-23(26-21)19-7-4-11-25-14-19)27-12-10-18-8-9-20(13-22(18)27)29-15-17-5-2-1-3-6-17/h1-14,21,23,26H,15-16H2/t21-,23-/m0/s1. The molecule has 1 aliphatic rings. The molecule has 0 aliphatic carbocycles. The average molecular weight is 416 g/mol. The van der Waals surface area contributed by atoms with Gasteiger partial charge in [-0.3, -0.25) is 19.7 Å². The summed E-state index contributed by atoms with van der Waals surface area (Å²) in [7, 11) is 0. The molecule has 2 aromatic carbocycles. The normalized spacial score (nSPS) is 18.5. The van der Waals surface area contributed by atoms with E-state index in [1.54, 1.807) is 22.5 Å². The highest BCUT2D eigenvalue weighted by atomic mass is 32.2. The highest BCUT2D eigenvalue weighted by Crippen LogP contribution is 2.33. The molecule has 1 N–H and O–H groups in total. The van der Waals surface area contributed by atoms with E-state index in [-0.39, 0.29) is 17.3 Å². The molecule has 0 saturated carbocycles. The van der Waals surface area contributed by atoms with E-state index >= 15 is 0 Å². The summed E-state index contributed by atoms with van der Waals surface area (Å²) < 4.78 is 7.68. The molecule has 6 heteroatoms. The van der Waals surface area contributed by atoms with E-state index < -0.39 is 0 Å². The molecule has 5 rings (SSSR count). The number of nitrogens with zero attached hydrogens (tertiary/aromatic N) is 2. The lowest BCUT2D eigenvalue weighted by atomic mass is 10.2. The van der Waals surface area contributed by atoms with Crippen molar-refractivity contribution in [1.29, 1.82) is 0 Å². The van der Waals surface area contributed by atoms with Gasteiger partial charge in [-0.15, -0.1) is 11.8 Å². The van der Waals surface area contributed by atoms with Gasteiger partial charge in [0, 0.05) is 35.8 Å². The number of ether oxygens (including phenoxy) is 1. The number of fused-ring (bicyclic) bond motifs is 1. The van der Waals surface area contributed by atoms with Crippen LogP contribution in [0.1, 0.15) is 21.3 Å². The van der Waals surface area contributed by atoms with Crippen LogP contribution in [-0.2, 0) is 6.61 Å². The first-order valence-corrected chi connectivity index (χ1v) is 10.9. The number of carbonyl (C=O) groups is 1. The number of carbonyl (C=O) groups excluding carboxylic acids is 1. The van der Waals surface area contributed by atoms with Crippen LogP contribution >= 0.6 is 11.8 Å². The summed E-state index contributed by atoms with van der Waals surface area (Å²) in [5.41, 5.74) is 3.06.